The van der Waals surface area contributed by atoms with E-state index in [0.717, 1.165) is 50.2 Å². The van der Waals surface area contributed by atoms with Crippen molar-refractivity contribution < 1.29 is 14.3 Å². The van der Waals surface area contributed by atoms with Gasteiger partial charge in [-0.05, 0) is 95.4 Å². The molecule has 5 heterocycles. The molecule has 2 aromatic carbocycles. The highest BCUT2D eigenvalue weighted by Crippen LogP contribution is 2.45. The monoisotopic (exact) mass is 568 g/mol. The number of hydrogen-bond donors (Lipinski definition) is 0. The number of carbonyl (C=O) groups excluding carboxylic acids is 2. The number of carbonyl (C=O) groups is 2. The largest absolute Gasteiger partial charge is 0.459 e. The molecule has 2 bridgehead atoms. The van der Waals surface area contributed by atoms with E-state index in [1.807, 2.05) is 18.7 Å². The third-order valence-electron chi connectivity index (χ3n) is 11.1. The van der Waals surface area contributed by atoms with Crippen molar-refractivity contribution in [2.45, 2.75) is 101 Å². The molecule has 1 aromatic heterocycles. The third kappa shape index (κ3) is 4.74. The maximum absolute atomic E-state index is 13.5. The lowest BCUT2D eigenvalue weighted by Gasteiger charge is -2.46. The molecule has 4 aliphatic heterocycles. The maximum atomic E-state index is 13.5. The Balaban J connectivity index is 1.05. The second-order valence-corrected chi connectivity index (χ2v) is 13.8. The summed E-state index contributed by atoms with van der Waals surface area (Å²) in [7, 11) is 0. The Morgan fingerprint density at radius 3 is 2.29 bits per heavy atom. The van der Waals surface area contributed by atoms with E-state index in [2.05, 4.69) is 71.0 Å². The molecule has 0 N–H and O–H groups in total. The van der Waals surface area contributed by atoms with Crippen LogP contribution in [0.25, 0.3) is 11.0 Å². The van der Waals surface area contributed by atoms with Crippen LogP contribution in [0.1, 0.15) is 82.6 Å². The number of fused-ring (bicyclic) bond motifs is 3. The zero-order valence-corrected chi connectivity index (χ0v) is 25.3. The van der Waals surface area contributed by atoms with Crippen molar-refractivity contribution in [2.24, 2.45) is 5.92 Å². The smallest absolute Gasteiger partial charge is 0.307 e. The molecule has 4 atom stereocenters. The highest BCUT2D eigenvalue weighted by atomic mass is 16.6. The van der Waals surface area contributed by atoms with Gasteiger partial charge in [-0.2, -0.15) is 0 Å². The molecule has 4 fully saturated rings. The summed E-state index contributed by atoms with van der Waals surface area (Å²) >= 11 is 0. The lowest BCUT2D eigenvalue weighted by atomic mass is 9.70. The minimum absolute atomic E-state index is 0.0585. The quantitative estimate of drug-likeness (QED) is 0.352. The van der Waals surface area contributed by atoms with Gasteiger partial charge in [0.05, 0.1) is 23.4 Å². The molecule has 7 heteroatoms. The lowest BCUT2D eigenvalue weighted by molar-refractivity contribution is -0.149. The predicted molar refractivity (Wildman–Crippen MR) is 163 cm³/mol. The van der Waals surface area contributed by atoms with Crippen LogP contribution in [0.5, 0.6) is 0 Å². The third-order valence-corrected chi connectivity index (χ3v) is 11.1. The Morgan fingerprint density at radius 1 is 0.952 bits per heavy atom. The summed E-state index contributed by atoms with van der Waals surface area (Å²) in [6.07, 6.45) is 8.16. The van der Waals surface area contributed by atoms with Crippen molar-refractivity contribution in [3.63, 3.8) is 0 Å². The van der Waals surface area contributed by atoms with Gasteiger partial charge in [0.15, 0.2) is 0 Å². The van der Waals surface area contributed by atoms with E-state index < -0.39 is 5.60 Å². The number of likely N-dealkylation sites (tertiary alicyclic amines) is 1. The van der Waals surface area contributed by atoms with Crippen LogP contribution in [-0.4, -0.2) is 68.5 Å². The molecule has 4 saturated heterocycles. The number of benzene rings is 2. The molecule has 42 heavy (non-hydrogen) atoms. The fourth-order valence-electron chi connectivity index (χ4n) is 8.84. The Labute approximate surface area is 249 Å². The number of rotatable bonds is 6. The van der Waals surface area contributed by atoms with Crippen LogP contribution in [-0.2, 0) is 19.7 Å². The topological polar surface area (TPSA) is 67.7 Å². The first-order chi connectivity index (χ1) is 20.2. The van der Waals surface area contributed by atoms with Crippen LogP contribution in [0, 0.1) is 12.8 Å². The van der Waals surface area contributed by atoms with Gasteiger partial charge in [0.25, 0.3) is 0 Å². The van der Waals surface area contributed by atoms with Gasteiger partial charge in [0, 0.05) is 31.2 Å². The second kappa shape index (κ2) is 10.5. The molecule has 3 aromatic rings. The van der Waals surface area contributed by atoms with Crippen molar-refractivity contribution in [3.8, 4) is 0 Å². The standard InChI is InChI=1S/C35H44N4O3/c1-24-36-30-11-7-8-12-31(30)39(24)28-21-26-13-14-27(22-28)38(26)20-17-35(25-9-5-4-6-10-25)15-18-37(19-16-35)33(41)29-23-32(40)42-34(29,2)3/h4-12,26-29H,13-23H2,1-3H3/t26-,27+,28?,29?. The summed E-state index contributed by atoms with van der Waals surface area (Å²) < 4.78 is 7.99. The van der Waals surface area contributed by atoms with Crippen LogP contribution < -0.4 is 0 Å². The van der Waals surface area contributed by atoms with Gasteiger partial charge in [-0.3, -0.25) is 14.5 Å². The zero-order chi connectivity index (χ0) is 29.1. The number of amides is 1. The van der Waals surface area contributed by atoms with Crippen molar-refractivity contribution in [3.05, 3.63) is 66.0 Å². The summed E-state index contributed by atoms with van der Waals surface area (Å²) in [5.41, 5.74) is 3.11. The Hall–Kier alpha value is -3.19. The number of imidazole rings is 1. The van der Waals surface area contributed by atoms with Gasteiger partial charge in [-0.15, -0.1) is 0 Å². The molecular weight excluding hydrogens is 524 g/mol. The summed E-state index contributed by atoms with van der Waals surface area (Å²) in [5.74, 6) is 0.566. The maximum Gasteiger partial charge on any atom is 0.307 e. The number of aryl methyl sites for hydroxylation is 1. The minimum Gasteiger partial charge on any atom is -0.459 e. The lowest BCUT2D eigenvalue weighted by Crippen LogP contribution is -2.51. The predicted octanol–water partition coefficient (Wildman–Crippen LogP) is 5.80. The number of cyclic esters (lactones) is 1. The van der Waals surface area contributed by atoms with Crippen molar-refractivity contribution in [2.75, 3.05) is 19.6 Å². The average molecular weight is 569 g/mol. The molecular formula is C35H44N4O3. The van der Waals surface area contributed by atoms with E-state index in [9.17, 15) is 9.59 Å². The zero-order valence-electron chi connectivity index (χ0n) is 25.3. The normalized spacial score (nSPS) is 28.7. The van der Waals surface area contributed by atoms with Gasteiger partial charge < -0.3 is 14.2 Å². The van der Waals surface area contributed by atoms with E-state index in [1.165, 1.54) is 36.8 Å². The van der Waals surface area contributed by atoms with Crippen LogP contribution in [0.15, 0.2) is 54.6 Å². The first-order valence-electron chi connectivity index (χ1n) is 16.0. The van der Waals surface area contributed by atoms with Crippen molar-refractivity contribution in [1.82, 2.24) is 19.4 Å². The fraction of sp³-hybridized carbons (Fsp3) is 0.571. The van der Waals surface area contributed by atoms with E-state index in [0.29, 0.717) is 18.1 Å². The van der Waals surface area contributed by atoms with Gasteiger partial charge >= 0.3 is 5.97 Å². The van der Waals surface area contributed by atoms with Crippen molar-refractivity contribution in [1.29, 1.82) is 0 Å². The first-order valence-corrected chi connectivity index (χ1v) is 16.0. The average Bonchev–Trinajstić information content (AvgIpc) is 3.56. The molecule has 0 saturated carbocycles. The molecule has 0 radical (unpaired) electrons. The van der Waals surface area contributed by atoms with Gasteiger partial charge in [0.2, 0.25) is 5.91 Å². The van der Waals surface area contributed by atoms with Crippen LogP contribution >= 0.6 is 0 Å². The van der Waals surface area contributed by atoms with Crippen molar-refractivity contribution >= 4 is 22.9 Å². The van der Waals surface area contributed by atoms with E-state index in [-0.39, 0.29) is 29.6 Å². The number of para-hydroxylation sites is 2. The Kier molecular flexibility index (Phi) is 6.92. The minimum atomic E-state index is -0.727. The number of hydrogen-bond acceptors (Lipinski definition) is 5. The molecule has 2 unspecified atom stereocenters. The highest BCUT2D eigenvalue weighted by Gasteiger charge is 2.49. The number of aromatic nitrogens is 2. The van der Waals surface area contributed by atoms with E-state index in [4.69, 9.17) is 9.72 Å². The number of piperidine rings is 2. The van der Waals surface area contributed by atoms with E-state index in [1.54, 1.807) is 0 Å². The van der Waals surface area contributed by atoms with Gasteiger partial charge in [-0.25, -0.2) is 4.98 Å². The van der Waals surface area contributed by atoms with Gasteiger partial charge in [-0.1, -0.05) is 42.5 Å². The summed E-state index contributed by atoms with van der Waals surface area (Å²) in [5, 5.41) is 0. The number of esters is 1. The summed E-state index contributed by atoms with van der Waals surface area (Å²) in [6, 6.07) is 21.3. The van der Waals surface area contributed by atoms with Gasteiger partial charge in [0.1, 0.15) is 11.4 Å². The second-order valence-electron chi connectivity index (χ2n) is 13.8. The Morgan fingerprint density at radius 2 is 1.62 bits per heavy atom. The fourth-order valence-corrected chi connectivity index (χ4v) is 8.84. The SMILES string of the molecule is Cc1nc2ccccc2n1C1C[C@H]2CC[C@@H](C1)N2CCC1(c2ccccc2)CCN(C(=O)C2CC(=O)OC2(C)C)CC1. The summed E-state index contributed by atoms with van der Waals surface area (Å²) in [6.45, 7) is 8.46. The Bertz CT molecular complexity index is 1460. The van der Waals surface area contributed by atoms with Crippen LogP contribution in [0.3, 0.4) is 0 Å². The molecule has 0 spiro atoms. The van der Waals surface area contributed by atoms with Crippen LogP contribution in [0.2, 0.25) is 0 Å². The molecule has 1 amide bonds. The molecule has 0 aliphatic carbocycles. The van der Waals surface area contributed by atoms with Crippen LogP contribution in [0.4, 0.5) is 0 Å². The molecule has 4 aliphatic rings. The molecule has 7 rings (SSSR count). The van der Waals surface area contributed by atoms with E-state index >= 15 is 0 Å². The number of ether oxygens (including phenoxy) is 1. The highest BCUT2D eigenvalue weighted by molar-refractivity contribution is 5.87. The molecule has 7 nitrogen and oxygen atoms in total. The summed E-state index contributed by atoms with van der Waals surface area (Å²) in [4.78, 5) is 35.2. The number of nitrogens with zero attached hydrogens (tertiary/aromatic N) is 4. The molecule has 222 valence electrons. The first kappa shape index (κ1) is 27.6.